The summed E-state index contributed by atoms with van der Waals surface area (Å²) in [6.45, 7) is 5.91. The van der Waals surface area contributed by atoms with Crippen LogP contribution in [0.2, 0.25) is 0 Å². The van der Waals surface area contributed by atoms with Crippen molar-refractivity contribution in [2.24, 2.45) is 5.92 Å². The summed E-state index contributed by atoms with van der Waals surface area (Å²) >= 11 is 0. The van der Waals surface area contributed by atoms with Crippen molar-refractivity contribution in [2.45, 2.75) is 57.1 Å². The maximum Gasteiger partial charge on any atom is 0.475 e. The van der Waals surface area contributed by atoms with Crippen LogP contribution >= 0.6 is 7.82 Å². The molecule has 0 amide bonds. The van der Waals surface area contributed by atoms with Crippen LogP contribution in [0.15, 0.2) is 91.3 Å². The summed E-state index contributed by atoms with van der Waals surface area (Å²) in [6, 6.07) is 27.2. The van der Waals surface area contributed by atoms with Gasteiger partial charge in [-0.1, -0.05) is 86.6 Å². The molecule has 7 rings (SSSR count). The highest BCUT2D eigenvalue weighted by Gasteiger charge is 2.70. The smallest absolute Gasteiger partial charge is 0.475 e. The van der Waals surface area contributed by atoms with Crippen LogP contribution in [0.25, 0.3) is 11.2 Å². The zero-order valence-corrected chi connectivity index (χ0v) is 30.3. The standard InChI is InChI=1S/C37H40F2N5O7P/c1-6-47-31-29-30(44(23-40-29)33-35(4,38)32-36(39,50-33)22-49-52(45,51-32)48-21-24(2)3)41-34(42-31)43-37(25-13-9-7-10-14-25,26-15-11-8-12-16-26)27-17-19-28(46-5)20-18-27/h7-20,23-24,32-33H,6,21-22H2,1-5H3,(H,41,42,43)/t32-,33+,35+,36+,52?/m0/s1. The van der Waals surface area contributed by atoms with Crippen LogP contribution in [0, 0.1) is 5.92 Å². The lowest BCUT2D eigenvalue weighted by atomic mass is 9.77. The summed E-state index contributed by atoms with van der Waals surface area (Å²) in [5.41, 5.74) is -0.845. The Morgan fingerprint density at radius 2 is 1.63 bits per heavy atom. The van der Waals surface area contributed by atoms with Gasteiger partial charge in [-0.15, -0.1) is 0 Å². The zero-order valence-electron chi connectivity index (χ0n) is 29.4. The number of ether oxygens (including phenoxy) is 3. The third-order valence-electron chi connectivity index (χ3n) is 9.07. The number of methoxy groups -OCH3 is 1. The zero-order chi connectivity index (χ0) is 36.7. The molecule has 52 heavy (non-hydrogen) atoms. The second kappa shape index (κ2) is 13.8. The minimum Gasteiger partial charge on any atom is -0.497 e. The van der Waals surface area contributed by atoms with Crippen LogP contribution in [-0.2, 0) is 28.4 Å². The van der Waals surface area contributed by atoms with E-state index >= 15 is 8.78 Å². The number of fused-ring (bicyclic) bond motifs is 2. The highest BCUT2D eigenvalue weighted by Crippen LogP contribution is 2.63. The number of hydrogen-bond donors (Lipinski definition) is 1. The predicted octanol–water partition coefficient (Wildman–Crippen LogP) is 7.76. The largest absolute Gasteiger partial charge is 0.497 e. The van der Waals surface area contributed by atoms with Gasteiger partial charge in [0.1, 0.15) is 17.9 Å². The van der Waals surface area contributed by atoms with Crippen molar-refractivity contribution >= 4 is 24.9 Å². The molecule has 0 saturated carbocycles. The molecule has 2 aliphatic rings. The monoisotopic (exact) mass is 735 g/mol. The SMILES string of the molecule is CCOc1nc(NC(c2ccccc2)(c2ccccc2)c2ccc(OC)cc2)nc2c1ncn2[C@@H]1O[C@]2(F)COP(=O)(OCC(C)C)O[C@H]2[C@@]1(C)F. The van der Waals surface area contributed by atoms with Gasteiger partial charge in [0, 0.05) is 0 Å². The molecule has 15 heteroatoms. The van der Waals surface area contributed by atoms with Gasteiger partial charge in [0.05, 0.1) is 26.7 Å². The van der Waals surface area contributed by atoms with E-state index in [4.69, 9.17) is 37.7 Å². The van der Waals surface area contributed by atoms with Crippen LogP contribution in [0.3, 0.4) is 0 Å². The van der Waals surface area contributed by atoms with E-state index in [1.54, 1.807) is 14.0 Å². The van der Waals surface area contributed by atoms with Crippen molar-refractivity contribution < 1.29 is 41.1 Å². The lowest BCUT2D eigenvalue weighted by Crippen LogP contribution is -2.51. The van der Waals surface area contributed by atoms with E-state index in [-0.39, 0.29) is 42.1 Å². The highest BCUT2D eigenvalue weighted by atomic mass is 31.2. The quantitative estimate of drug-likeness (QED) is 0.0998. The molecule has 12 nitrogen and oxygen atoms in total. The van der Waals surface area contributed by atoms with Gasteiger partial charge >= 0.3 is 7.82 Å². The number of phosphoric acid groups is 1. The first-order valence-corrected chi connectivity index (χ1v) is 18.4. The molecule has 0 aliphatic carbocycles. The number of aromatic nitrogens is 4. The van der Waals surface area contributed by atoms with Gasteiger partial charge in [0.15, 0.2) is 29.2 Å². The maximum atomic E-state index is 17.0. The fraction of sp³-hybridized carbons (Fsp3) is 0.378. The summed E-state index contributed by atoms with van der Waals surface area (Å²) in [5, 5.41) is 3.60. The van der Waals surface area contributed by atoms with Crippen LogP contribution in [0.4, 0.5) is 14.7 Å². The van der Waals surface area contributed by atoms with Gasteiger partial charge < -0.3 is 19.5 Å². The molecule has 3 aromatic carbocycles. The number of benzene rings is 3. The Labute approximate surface area is 300 Å². The van der Waals surface area contributed by atoms with Crippen LogP contribution < -0.4 is 14.8 Å². The molecule has 2 aromatic heterocycles. The lowest BCUT2D eigenvalue weighted by Gasteiger charge is -2.37. The van der Waals surface area contributed by atoms with E-state index in [2.05, 4.69) is 10.3 Å². The molecule has 2 aliphatic heterocycles. The van der Waals surface area contributed by atoms with E-state index in [1.165, 1.54) is 10.9 Å². The Bertz CT molecular complexity index is 2030. The molecular formula is C37H40F2N5O7P. The summed E-state index contributed by atoms with van der Waals surface area (Å²) in [6.07, 6.45) is -2.37. The summed E-state index contributed by atoms with van der Waals surface area (Å²) < 4.78 is 81.0. The Kier molecular flexibility index (Phi) is 9.55. The molecule has 1 unspecified atom stereocenters. The number of alkyl halides is 2. The number of rotatable bonds is 12. The topological polar surface area (TPSA) is 128 Å². The van der Waals surface area contributed by atoms with E-state index in [0.717, 1.165) is 23.6 Å². The summed E-state index contributed by atoms with van der Waals surface area (Å²) in [5.74, 6) is -1.96. The molecule has 274 valence electrons. The van der Waals surface area contributed by atoms with Gasteiger partial charge in [-0.3, -0.25) is 18.1 Å². The van der Waals surface area contributed by atoms with Crippen molar-refractivity contribution in [3.63, 3.8) is 0 Å². The first kappa shape index (κ1) is 35.9. The Morgan fingerprint density at radius 1 is 1.00 bits per heavy atom. The van der Waals surface area contributed by atoms with E-state index in [9.17, 15) is 4.57 Å². The van der Waals surface area contributed by atoms with Crippen molar-refractivity contribution in [2.75, 3.05) is 32.2 Å². The van der Waals surface area contributed by atoms with Crippen LogP contribution in [0.1, 0.15) is 50.6 Å². The number of anilines is 1. The number of halogens is 2. The van der Waals surface area contributed by atoms with E-state index in [1.807, 2.05) is 98.8 Å². The van der Waals surface area contributed by atoms with Gasteiger partial charge in [0.25, 0.3) is 5.85 Å². The molecule has 2 saturated heterocycles. The summed E-state index contributed by atoms with van der Waals surface area (Å²) in [7, 11) is -2.70. The number of nitrogens with one attached hydrogen (secondary N) is 1. The van der Waals surface area contributed by atoms with Crippen molar-refractivity contribution in [1.82, 2.24) is 19.5 Å². The first-order valence-electron chi connectivity index (χ1n) is 17.0. The van der Waals surface area contributed by atoms with Crippen molar-refractivity contribution in [3.05, 3.63) is 108 Å². The Morgan fingerprint density at radius 3 is 2.23 bits per heavy atom. The highest BCUT2D eigenvalue weighted by molar-refractivity contribution is 7.48. The normalized spacial score (nSPS) is 26.0. The molecule has 0 radical (unpaired) electrons. The van der Waals surface area contributed by atoms with Crippen LogP contribution in [-0.4, -0.2) is 64.1 Å². The third kappa shape index (κ3) is 6.32. The molecule has 0 bridgehead atoms. The van der Waals surface area contributed by atoms with Gasteiger partial charge in [-0.05, 0) is 48.6 Å². The van der Waals surface area contributed by atoms with Gasteiger partial charge in [-0.2, -0.15) is 9.97 Å². The molecule has 4 heterocycles. The Balaban J connectivity index is 1.36. The molecule has 0 spiro atoms. The first-order chi connectivity index (χ1) is 24.9. The number of phosphoric ester groups is 1. The average Bonchev–Trinajstić information content (AvgIpc) is 3.66. The molecule has 2 fully saturated rings. The Hall–Kier alpha value is -4.46. The number of nitrogens with zero attached hydrogens (tertiary/aromatic N) is 4. The fourth-order valence-electron chi connectivity index (χ4n) is 6.63. The average molecular weight is 736 g/mol. The molecule has 5 atom stereocenters. The fourth-order valence-corrected chi connectivity index (χ4v) is 8.26. The lowest BCUT2D eigenvalue weighted by molar-refractivity contribution is -0.220. The van der Waals surface area contributed by atoms with Gasteiger partial charge in [-0.25, -0.2) is 18.3 Å². The van der Waals surface area contributed by atoms with Gasteiger partial charge in [0.2, 0.25) is 11.8 Å². The molecular weight excluding hydrogens is 695 g/mol. The number of hydrogen-bond acceptors (Lipinski definition) is 11. The second-order valence-electron chi connectivity index (χ2n) is 13.2. The summed E-state index contributed by atoms with van der Waals surface area (Å²) in [4.78, 5) is 14.1. The van der Waals surface area contributed by atoms with Crippen molar-refractivity contribution in [1.29, 1.82) is 0 Å². The molecule has 1 N–H and O–H groups in total. The minimum absolute atomic E-state index is 0.000388. The van der Waals surface area contributed by atoms with Crippen LogP contribution in [0.5, 0.6) is 11.6 Å². The molecule has 5 aromatic rings. The van der Waals surface area contributed by atoms with Crippen molar-refractivity contribution in [3.8, 4) is 11.6 Å². The number of imidazole rings is 1. The predicted molar refractivity (Wildman–Crippen MR) is 189 cm³/mol. The second-order valence-corrected chi connectivity index (χ2v) is 14.9. The minimum atomic E-state index is -4.30. The van der Waals surface area contributed by atoms with E-state index in [0.29, 0.717) is 5.75 Å². The van der Waals surface area contributed by atoms with E-state index < -0.39 is 43.8 Å². The maximum absolute atomic E-state index is 17.0. The third-order valence-corrected chi connectivity index (χ3v) is 10.5.